The fraction of sp³-hybridized carbons (Fsp3) is 0.0714. The molecular formula is C28H22FN5O3. The molecule has 0 radical (unpaired) electrons. The quantitative estimate of drug-likeness (QED) is 0.236. The zero-order valence-corrected chi connectivity index (χ0v) is 19.7. The van der Waals surface area contributed by atoms with Crippen molar-refractivity contribution < 1.29 is 13.9 Å². The van der Waals surface area contributed by atoms with Crippen molar-refractivity contribution in [1.82, 2.24) is 9.97 Å². The Morgan fingerprint density at radius 2 is 1.86 bits per heavy atom. The van der Waals surface area contributed by atoms with E-state index in [4.69, 9.17) is 15.6 Å². The second-order valence-electron chi connectivity index (χ2n) is 8.45. The van der Waals surface area contributed by atoms with Gasteiger partial charge in [0.2, 0.25) is 5.43 Å². The number of aromatic hydroxyl groups is 1. The topological polar surface area (TPSA) is 138 Å². The lowest BCUT2D eigenvalue weighted by Gasteiger charge is -2.20. The summed E-state index contributed by atoms with van der Waals surface area (Å²) in [5, 5.41) is 22.1. The Hall–Kier alpha value is -5.05. The Morgan fingerprint density at radius 3 is 2.65 bits per heavy atom. The number of hydrogen-bond donors (Lipinski definition) is 4. The summed E-state index contributed by atoms with van der Waals surface area (Å²) in [6, 6.07) is 18.2. The van der Waals surface area contributed by atoms with E-state index in [1.807, 2.05) is 0 Å². The molecule has 0 saturated carbocycles. The van der Waals surface area contributed by atoms with Crippen molar-refractivity contribution in [1.29, 1.82) is 5.41 Å². The average molecular weight is 496 g/mol. The maximum Gasteiger partial charge on any atom is 0.200 e. The average Bonchev–Trinajstić information content (AvgIpc) is 2.88. The van der Waals surface area contributed by atoms with Gasteiger partial charge < -0.3 is 20.6 Å². The van der Waals surface area contributed by atoms with Gasteiger partial charge in [-0.15, -0.1) is 0 Å². The summed E-state index contributed by atoms with van der Waals surface area (Å²) < 4.78 is 20.3. The number of hydrogen-bond acceptors (Lipinski definition) is 8. The number of phenolic OH excluding ortho intramolecular Hbond substituents is 1. The second kappa shape index (κ2) is 9.54. The highest BCUT2D eigenvalue weighted by atomic mass is 19.1. The minimum Gasteiger partial charge on any atom is -0.508 e. The summed E-state index contributed by atoms with van der Waals surface area (Å²) in [6.45, 7) is 1.76. The number of phenols is 1. The summed E-state index contributed by atoms with van der Waals surface area (Å²) >= 11 is 0. The van der Waals surface area contributed by atoms with Crippen LogP contribution in [-0.4, -0.2) is 20.8 Å². The number of nitrogens with two attached hydrogens (primary N) is 1. The van der Waals surface area contributed by atoms with Crippen LogP contribution in [-0.2, 0) is 0 Å². The van der Waals surface area contributed by atoms with Gasteiger partial charge in [-0.2, -0.15) is 0 Å². The van der Waals surface area contributed by atoms with E-state index in [0.717, 1.165) is 0 Å². The van der Waals surface area contributed by atoms with Crippen molar-refractivity contribution in [3.05, 3.63) is 112 Å². The van der Waals surface area contributed by atoms with E-state index in [9.17, 15) is 14.3 Å². The molecule has 3 aromatic carbocycles. The molecule has 2 heterocycles. The van der Waals surface area contributed by atoms with Gasteiger partial charge in [0.15, 0.2) is 0 Å². The third-order valence-corrected chi connectivity index (χ3v) is 5.95. The minimum absolute atomic E-state index is 0.00165. The van der Waals surface area contributed by atoms with E-state index in [2.05, 4.69) is 15.3 Å². The summed E-state index contributed by atoms with van der Waals surface area (Å²) in [7, 11) is 0. The van der Waals surface area contributed by atoms with Crippen LogP contribution in [0, 0.1) is 11.2 Å². The molecule has 0 fully saturated rings. The molecule has 5 aromatic rings. The number of benzene rings is 3. The van der Waals surface area contributed by atoms with Gasteiger partial charge >= 0.3 is 0 Å². The van der Waals surface area contributed by atoms with E-state index < -0.39 is 11.9 Å². The van der Waals surface area contributed by atoms with Crippen LogP contribution >= 0.6 is 0 Å². The number of nitrogen functional groups attached to an aromatic ring is 1. The molecule has 184 valence electrons. The highest BCUT2D eigenvalue weighted by molar-refractivity contribution is 6.16. The molecular weight excluding hydrogens is 473 g/mol. The fourth-order valence-electron chi connectivity index (χ4n) is 4.21. The van der Waals surface area contributed by atoms with Crippen molar-refractivity contribution in [2.45, 2.75) is 13.0 Å². The Bertz CT molecular complexity index is 1720. The predicted octanol–water partition coefficient (Wildman–Crippen LogP) is 5.27. The molecule has 1 unspecified atom stereocenters. The van der Waals surface area contributed by atoms with Crippen LogP contribution in [0.1, 0.15) is 29.9 Å². The standard InChI is InChI=1S/C28H22FN5O3/c1-15(34-28-23(27(31)32-14-33-28)24(30)17-7-5-9-19(35)13-17)26-22(16-6-4-8-18(29)12-16)25(36)20-10-2-3-11-21(20)37-26/h2-15,30,35H,1H3,(H3,31,32,33,34). The fourth-order valence-corrected chi connectivity index (χ4v) is 4.21. The molecule has 5 rings (SSSR count). The normalized spacial score (nSPS) is 11.8. The van der Waals surface area contributed by atoms with E-state index in [-0.39, 0.29) is 45.4 Å². The van der Waals surface area contributed by atoms with Crippen LogP contribution < -0.4 is 16.5 Å². The number of fused-ring (bicyclic) bond motifs is 1. The highest BCUT2D eigenvalue weighted by Gasteiger charge is 2.24. The lowest BCUT2D eigenvalue weighted by Crippen LogP contribution is -2.18. The number of halogens is 1. The van der Waals surface area contributed by atoms with Crippen LogP contribution in [0.15, 0.2) is 88.3 Å². The van der Waals surface area contributed by atoms with Crippen molar-refractivity contribution in [3.63, 3.8) is 0 Å². The van der Waals surface area contributed by atoms with Gasteiger partial charge in [-0.3, -0.25) is 10.2 Å². The molecule has 0 aliphatic rings. The smallest absolute Gasteiger partial charge is 0.200 e. The Kier molecular flexibility index (Phi) is 6.10. The number of nitrogens with one attached hydrogen (secondary N) is 2. The van der Waals surface area contributed by atoms with Gasteiger partial charge in [-0.05, 0) is 48.9 Å². The third-order valence-electron chi connectivity index (χ3n) is 5.95. The van der Waals surface area contributed by atoms with Crippen molar-refractivity contribution in [2.24, 2.45) is 0 Å². The van der Waals surface area contributed by atoms with Gasteiger partial charge in [0.05, 0.1) is 28.3 Å². The summed E-state index contributed by atoms with van der Waals surface area (Å²) in [6.07, 6.45) is 1.26. The lowest BCUT2D eigenvalue weighted by molar-refractivity contribution is 0.475. The van der Waals surface area contributed by atoms with E-state index in [0.29, 0.717) is 22.1 Å². The molecule has 0 amide bonds. The van der Waals surface area contributed by atoms with E-state index >= 15 is 0 Å². The molecule has 37 heavy (non-hydrogen) atoms. The van der Waals surface area contributed by atoms with Gasteiger partial charge in [-0.1, -0.05) is 36.4 Å². The number of aromatic nitrogens is 2. The monoisotopic (exact) mass is 495 g/mol. The number of anilines is 2. The molecule has 1 atom stereocenters. The molecule has 0 saturated heterocycles. The first-order chi connectivity index (χ1) is 17.8. The molecule has 0 aliphatic heterocycles. The Morgan fingerprint density at radius 1 is 1.08 bits per heavy atom. The van der Waals surface area contributed by atoms with Gasteiger partial charge in [-0.25, -0.2) is 14.4 Å². The number of para-hydroxylation sites is 1. The Balaban J connectivity index is 1.63. The molecule has 0 spiro atoms. The predicted molar refractivity (Wildman–Crippen MR) is 140 cm³/mol. The second-order valence-corrected chi connectivity index (χ2v) is 8.45. The molecule has 9 heteroatoms. The largest absolute Gasteiger partial charge is 0.508 e. The van der Waals surface area contributed by atoms with Gasteiger partial charge in [0.1, 0.15) is 40.9 Å². The molecule has 0 aliphatic carbocycles. The third kappa shape index (κ3) is 4.50. The van der Waals surface area contributed by atoms with Crippen LogP contribution in [0.5, 0.6) is 5.75 Å². The molecule has 0 bridgehead atoms. The van der Waals surface area contributed by atoms with Crippen LogP contribution in [0.25, 0.3) is 22.1 Å². The molecule has 8 nitrogen and oxygen atoms in total. The SMILES string of the molecule is CC(Nc1ncnc(N)c1C(=N)c1cccc(O)c1)c1oc2ccccc2c(=O)c1-c1cccc(F)c1. The first-order valence-electron chi connectivity index (χ1n) is 11.4. The van der Waals surface area contributed by atoms with Gasteiger partial charge in [0.25, 0.3) is 0 Å². The van der Waals surface area contributed by atoms with Crippen LogP contribution in [0.4, 0.5) is 16.0 Å². The van der Waals surface area contributed by atoms with E-state index in [1.54, 1.807) is 49.4 Å². The molecule has 5 N–H and O–H groups in total. The van der Waals surface area contributed by atoms with Crippen LogP contribution in [0.3, 0.4) is 0 Å². The summed E-state index contributed by atoms with van der Waals surface area (Å²) in [5.74, 6) is 0.0688. The highest BCUT2D eigenvalue weighted by Crippen LogP contribution is 2.32. The zero-order valence-electron chi connectivity index (χ0n) is 19.7. The van der Waals surface area contributed by atoms with Crippen molar-refractivity contribution in [2.75, 3.05) is 11.1 Å². The zero-order chi connectivity index (χ0) is 26.1. The summed E-state index contributed by atoms with van der Waals surface area (Å²) in [4.78, 5) is 21.9. The van der Waals surface area contributed by atoms with E-state index in [1.165, 1.54) is 36.7 Å². The van der Waals surface area contributed by atoms with Gasteiger partial charge in [0, 0.05) is 5.56 Å². The van der Waals surface area contributed by atoms with Crippen molar-refractivity contribution in [3.8, 4) is 16.9 Å². The maximum absolute atomic E-state index is 14.1. The first kappa shape index (κ1) is 23.7. The minimum atomic E-state index is -0.652. The summed E-state index contributed by atoms with van der Waals surface area (Å²) in [5.41, 5.74) is 7.43. The Labute approximate surface area is 210 Å². The number of rotatable bonds is 6. The molecule has 2 aromatic heterocycles. The van der Waals surface area contributed by atoms with Crippen LogP contribution in [0.2, 0.25) is 0 Å². The van der Waals surface area contributed by atoms with Crippen molar-refractivity contribution >= 4 is 28.3 Å². The number of nitrogens with zero attached hydrogens (tertiary/aromatic N) is 2. The maximum atomic E-state index is 14.1. The first-order valence-corrected chi connectivity index (χ1v) is 11.4. The lowest BCUT2D eigenvalue weighted by atomic mass is 9.98.